The molecule has 1 saturated heterocycles. The normalized spacial score (nSPS) is 15.5. The van der Waals surface area contributed by atoms with Crippen LogP contribution in [-0.2, 0) is 0 Å². The van der Waals surface area contributed by atoms with Gasteiger partial charge in [0, 0.05) is 24.5 Å². The lowest BCUT2D eigenvalue weighted by Crippen LogP contribution is -3.11. The van der Waals surface area contributed by atoms with Gasteiger partial charge in [0.05, 0.1) is 35.5 Å². The second-order valence-corrected chi connectivity index (χ2v) is 6.43. The van der Waals surface area contributed by atoms with E-state index in [1.807, 2.05) is 18.2 Å². The number of benzene rings is 2. The molecule has 2 aromatic carbocycles. The van der Waals surface area contributed by atoms with E-state index >= 15 is 0 Å². The van der Waals surface area contributed by atoms with Crippen LogP contribution in [0.1, 0.15) is 24.4 Å². The summed E-state index contributed by atoms with van der Waals surface area (Å²) in [6, 6.07) is 14.0. The van der Waals surface area contributed by atoms with Gasteiger partial charge in [-0.05, 0) is 6.07 Å². The molecule has 2 N–H and O–H groups in total. The third kappa shape index (κ3) is 3.97. The molecule has 8 nitrogen and oxygen atoms in total. The van der Waals surface area contributed by atoms with Crippen molar-refractivity contribution in [2.75, 3.05) is 25.0 Å². The Bertz CT molecular complexity index is 791. The van der Waals surface area contributed by atoms with E-state index in [1.165, 1.54) is 35.4 Å². The quantitative estimate of drug-likeness (QED) is 0.585. The molecule has 1 aliphatic rings. The van der Waals surface area contributed by atoms with E-state index in [2.05, 4.69) is 17.4 Å². The Balaban J connectivity index is 1.82. The molecule has 1 aliphatic heterocycles. The first-order valence-electron chi connectivity index (χ1n) is 8.62. The lowest BCUT2D eigenvalue weighted by Gasteiger charge is -2.25. The summed E-state index contributed by atoms with van der Waals surface area (Å²) in [5.74, 6) is 0. The molecule has 136 valence electrons. The van der Waals surface area contributed by atoms with Crippen molar-refractivity contribution in [2.45, 2.75) is 18.9 Å². The Morgan fingerprint density at radius 2 is 1.69 bits per heavy atom. The number of anilines is 1. The van der Waals surface area contributed by atoms with Gasteiger partial charge in [-0.1, -0.05) is 30.3 Å². The molecule has 0 aliphatic carbocycles. The highest BCUT2D eigenvalue weighted by molar-refractivity contribution is 5.65. The third-order valence-corrected chi connectivity index (χ3v) is 4.83. The molecule has 0 spiro atoms. The number of nitro benzene ring substituents is 2. The van der Waals surface area contributed by atoms with Gasteiger partial charge in [0.2, 0.25) is 0 Å². The van der Waals surface area contributed by atoms with Crippen molar-refractivity contribution >= 4 is 17.1 Å². The summed E-state index contributed by atoms with van der Waals surface area (Å²) in [5.41, 5.74) is 0.927. The minimum atomic E-state index is -0.627. The number of likely N-dealkylation sites (tertiary alicyclic amines) is 1. The molecule has 1 fully saturated rings. The highest BCUT2D eigenvalue weighted by Crippen LogP contribution is 2.29. The Labute approximate surface area is 150 Å². The lowest BCUT2D eigenvalue weighted by atomic mass is 10.1. The summed E-state index contributed by atoms with van der Waals surface area (Å²) in [4.78, 5) is 22.4. The number of hydrogen-bond acceptors (Lipinski definition) is 5. The highest BCUT2D eigenvalue weighted by Gasteiger charge is 2.28. The second-order valence-electron chi connectivity index (χ2n) is 6.43. The molecule has 0 saturated carbocycles. The van der Waals surface area contributed by atoms with Gasteiger partial charge in [-0.3, -0.25) is 20.2 Å². The number of hydrogen-bond donors (Lipinski definition) is 2. The first kappa shape index (κ1) is 17.8. The van der Waals surface area contributed by atoms with Crippen molar-refractivity contribution in [3.05, 3.63) is 74.3 Å². The van der Waals surface area contributed by atoms with E-state index < -0.39 is 9.85 Å². The maximum absolute atomic E-state index is 11.3. The van der Waals surface area contributed by atoms with Crippen LogP contribution in [0.15, 0.2) is 48.5 Å². The van der Waals surface area contributed by atoms with Crippen molar-refractivity contribution < 1.29 is 14.7 Å². The van der Waals surface area contributed by atoms with E-state index in [1.54, 1.807) is 0 Å². The maximum atomic E-state index is 11.3. The van der Waals surface area contributed by atoms with Crippen LogP contribution in [0.5, 0.6) is 0 Å². The molecule has 0 bridgehead atoms. The minimum Gasteiger partial charge on any atom is -0.373 e. The molecule has 8 heteroatoms. The number of nitrogens with one attached hydrogen (secondary N) is 2. The Kier molecular flexibility index (Phi) is 5.43. The average Bonchev–Trinajstić information content (AvgIpc) is 3.17. The number of rotatable bonds is 7. The molecule has 26 heavy (non-hydrogen) atoms. The van der Waals surface area contributed by atoms with E-state index in [0.717, 1.165) is 19.2 Å². The molecular formula is C18H21N4O4+. The fourth-order valence-electron chi connectivity index (χ4n) is 3.51. The Morgan fingerprint density at radius 1 is 1.00 bits per heavy atom. The topological polar surface area (TPSA) is 103 Å². The molecule has 0 amide bonds. The first-order chi connectivity index (χ1) is 12.6. The molecule has 1 heterocycles. The molecule has 1 atom stereocenters. The summed E-state index contributed by atoms with van der Waals surface area (Å²) in [6.45, 7) is 2.67. The smallest absolute Gasteiger partial charge is 0.299 e. The summed E-state index contributed by atoms with van der Waals surface area (Å²) < 4.78 is 0. The van der Waals surface area contributed by atoms with E-state index in [9.17, 15) is 20.2 Å². The zero-order chi connectivity index (χ0) is 18.5. The van der Waals surface area contributed by atoms with Gasteiger partial charge >= 0.3 is 0 Å². The predicted octanol–water partition coefficient (Wildman–Crippen LogP) is 2.33. The van der Waals surface area contributed by atoms with Gasteiger partial charge < -0.3 is 10.2 Å². The number of nitro groups is 2. The van der Waals surface area contributed by atoms with Crippen LogP contribution in [0.2, 0.25) is 0 Å². The highest BCUT2D eigenvalue weighted by atomic mass is 16.6. The second kappa shape index (κ2) is 7.92. The molecule has 3 rings (SSSR count). The van der Waals surface area contributed by atoms with Crippen LogP contribution in [-0.4, -0.2) is 29.5 Å². The molecule has 2 aromatic rings. The van der Waals surface area contributed by atoms with Crippen LogP contribution in [0, 0.1) is 20.2 Å². The largest absolute Gasteiger partial charge is 0.373 e. The van der Waals surface area contributed by atoms with Crippen molar-refractivity contribution in [1.82, 2.24) is 0 Å². The van der Waals surface area contributed by atoms with Crippen LogP contribution < -0.4 is 10.2 Å². The van der Waals surface area contributed by atoms with Crippen molar-refractivity contribution in [3.63, 3.8) is 0 Å². The van der Waals surface area contributed by atoms with Crippen molar-refractivity contribution in [1.29, 1.82) is 0 Å². The molecular weight excluding hydrogens is 336 g/mol. The van der Waals surface area contributed by atoms with Crippen LogP contribution in [0.4, 0.5) is 17.1 Å². The van der Waals surface area contributed by atoms with Gasteiger partial charge in [0.25, 0.3) is 11.4 Å². The molecule has 0 radical (unpaired) electrons. The average molecular weight is 357 g/mol. The van der Waals surface area contributed by atoms with Gasteiger partial charge in [-0.25, -0.2) is 0 Å². The maximum Gasteiger partial charge on any atom is 0.299 e. The SMILES string of the molecule is O=[N+]([O-])c1ccc(NC[C@H](c2ccccc2)[NH+]2CCCC2)c([N+](=O)[O-])c1. The van der Waals surface area contributed by atoms with Crippen molar-refractivity contribution in [2.24, 2.45) is 0 Å². The molecule has 0 aromatic heterocycles. The summed E-state index contributed by atoms with van der Waals surface area (Å²) >= 11 is 0. The fraction of sp³-hybridized carbons (Fsp3) is 0.333. The van der Waals surface area contributed by atoms with Crippen LogP contribution >= 0.6 is 0 Å². The van der Waals surface area contributed by atoms with Gasteiger partial charge in [-0.2, -0.15) is 0 Å². The van der Waals surface area contributed by atoms with Gasteiger partial charge in [-0.15, -0.1) is 0 Å². The zero-order valence-electron chi connectivity index (χ0n) is 14.3. The van der Waals surface area contributed by atoms with Gasteiger partial charge in [0.1, 0.15) is 11.7 Å². The van der Waals surface area contributed by atoms with E-state index in [0.29, 0.717) is 12.2 Å². The number of nitrogens with zero attached hydrogens (tertiary/aromatic N) is 2. The van der Waals surface area contributed by atoms with Gasteiger partial charge in [0.15, 0.2) is 0 Å². The third-order valence-electron chi connectivity index (χ3n) is 4.83. The predicted molar refractivity (Wildman–Crippen MR) is 97.4 cm³/mol. The number of non-ortho nitro benzene ring substituents is 1. The Hall–Kier alpha value is -3.00. The van der Waals surface area contributed by atoms with Crippen LogP contribution in [0.3, 0.4) is 0 Å². The Morgan fingerprint density at radius 3 is 2.31 bits per heavy atom. The summed E-state index contributed by atoms with van der Waals surface area (Å²) in [5, 5.41) is 25.3. The number of quaternary nitrogens is 1. The monoisotopic (exact) mass is 357 g/mol. The standard InChI is InChI=1S/C18H20N4O4/c23-21(24)15-8-9-16(17(12-15)22(25)26)19-13-18(20-10-4-5-11-20)14-6-2-1-3-7-14/h1-3,6-9,12,18-19H,4-5,10-11,13H2/p+1/t18-/m1/s1. The fourth-order valence-corrected chi connectivity index (χ4v) is 3.51. The van der Waals surface area contributed by atoms with Crippen LogP contribution in [0.25, 0.3) is 0 Å². The first-order valence-corrected chi connectivity index (χ1v) is 8.62. The zero-order valence-corrected chi connectivity index (χ0v) is 14.3. The lowest BCUT2D eigenvalue weighted by molar-refractivity contribution is -0.917. The minimum absolute atomic E-state index is 0.175. The molecule has 0 unspecified atom stereocenters. The summed E-state index contributed by atoms with van der Waals surface area (Å²) in [6.07, 6.45) is 2.35. The van der Waals surface area contributed by atoms with E-state index in [-0.39, 0.29) is 17.4 Å². The summed E-state index contributed by atoms with van der Waals surface area (Å²) in [7, 11) is 0. The van der Waals surface area contributed by atoms with Crippen molar-refractivity contribution in [3.8, 4) is 0 Å². The van der Waals surface area contributed by atoms with E-state index in [4.69, 9.17) is 0 Å².